The van der Waals surface area contributed by atoms with Crippen molar-refractivity contribution in [2.24, 2.45) is 0 Å². The number of nitrogens with zero attached hydrogens (tertiary/aromatic N) is 2. The Labute approximate surface area is 147 Å². The van der Waals surface area contributed by atoms with Gasteiger partial charge in [-0.05, 0) is 25.0 Å². The molecule has 2 aliphatic rings. The number of carbonyl (C=O) groups is 2. The highest BCUT2D eigenvalue weighted by molar-refractivity contribution is 6.31. The highest BCUT2D eigenvalue weighted by Crippen LogP contribution is 2.45. The standard InChI is InChI=1S/C16H13ClFN3O4/c17-10-2-3-11-12(13(10)18)16(25-15(24)20-11)4-1-5-21(8-16)14(23)9(6-19)7-22/h2-3,7,22H,1,4-5,8H2,(H,20,24)/b9-7+/t16-/m0/s1. The monoisotopic (exact) mass is 365 g/mol. The van der Waals surface area contributed by atoms with Crippen molar-refractivity contribution in [3.8, 4) is 6.07 Å². The number of hydrogen-bond donors (Lipinski definition) is 2. The average Bonchev–Trinajstić information content (AvgIpc) is 2.59. The first-order valence-electron chi connectivity index (χ1n) is 7.44. The number of benzene rings is 1. The molecule has 0 radical (unpaired) electrons. The molecule has 9 heteroatoms. The number of nitrogens with one attached hydrogen (secondary N) is 1. The molecule has 1 saturated heterocycles. The summed E-state index contributed by atoms with van der Waals surface area (Å²) < 4.78 is 20.1. The molecule has 2 aliphatic heterocycles. The van der Waals surface area contributed by atoms with Gasteiger partial charge in [0.25, 0.3) is 5.91 Å². The third kappa shape index (κ3) is 2.76. The van der Waals surface area contributed by atoms with Gasteiger partial charge in [-0.15, -0.1) is 0 Å². The maximum atomic E-state index is 14.7. The third-order valence-corrected chi connectivity index (χ3v) is 4.59. The molecule has 7 nitrogen and oxygen atoms in total. The molecule has 0 bridgehead atoms. The molecule has 0 unspecified atom stereocenters. The van der Waals surface area contributed by atoms with Gasteiger partial charge in [-0.1, -0.05) is 11.6 Å². The van der Waals surface area contributed by atoms with Crippen LogP contribution in [0.15, 0.2) is 24.0 Å². The smallest absolute Gasteiger partial charge is 0.412 e. The Hall–Kier alpha value is -2.79. The van der Waals surface area contributed by atoms with E-state index in [9.17, 15) is 14.0 Å². The van der Waals surface area contributed by atoms with Crippen molar-refractivity contribution in [3.63, 3.8) is 0 Å². The SMILES string of the molecule is N#C/C(=C\O)C(=O)N1CCC[C@@]2(C1)OC(=O)Nc1ccc(Cl)c(F)c12. The minimum absolute atomic E-state index is 0.0728. The largest absolute Gasteiger partial charge is 0.514 e. The molecule has 0 aromatic heterocycles. The normalized spacial score (nSPS) is 22.7. The van der Waals surface area contributed by atoms with E-state index in [0.29, 0.717) is 19.1 Å². The lowest BCUT2D eigenvalue weighted by Gasteiger charge is -2.45. The molecule has 0 saturated carbocycles. The minimum Gasteiger partial charge on any atom is -0.514 e. The molecule has 3 rings (SSSR count). The number of hydrogen-bond acceptors (Lipinski definition) is 5. The van der Waals surface area contributed by atoms with Crippen LogP contribution in [0, 0.1) is 17.1 Å². The number of rotatable bonds is 1. The summed E-state index contributed by atoms with van der Waals surface area (Å²) >= 11 is 5.87. The fourth-order valence-electron chi connectivity index (χ4n) is 3.25. The number of aliphatic hydroxyl groups is 1. The van der Waals surface area contributed by atoms with Crippen LogP contribution < -0.4 is 5.32 Å². The summed E-state index contributed by atoms with van der Waals surface area (Å²) in [7, 11) is 0. The van der Waals surface area contributed by atoms with E-state index in [1.54, 1.807) is 6.07 Å². The number of nitriles is 1. The van der Waals surface area contributed by atoms with E-state index in [0.717, 1.165) is 0 Å². The van der Waals surface area contributed by atoms with Crippen molar-refractivity contribution in [3.05, 3.63) is 40.4 Å². The average molecular weight is 366 g/mol. The zero-order valence-electron chi connectivity index (χ0n) is 12.9. The van der Waals surface area contributed by atoms with E-state index in [1.165, 1.54) is 17.0 Å². The first-order valence-corrected chi connectivity index (χ1v) is 7.82. The fraction of sp³-hybridized carbons (Fsp3) is 0.312. The lowest BCUT2D eigenvalue weighted by Crippen LogP contribution is -2.53. The van der Waals surface area contributed by atoms with Gasteiger partial charge in [0.15, 0.2) is 17.0 Å². The molecule has 1 atom stereocenters. The van der Waals surface area contributed by atoms with Gasteiger partial charge in [-0.2, -0.15) is 5.26 Å². The second-order valence-corrected chi connectivity index (χ2v) is 6.18. The number of fused-ring (bicyclic) bond motifs is 2. The number of piperidine rings is 1. The highest BCUT2D eigenvalue weighted by Gasteiger charge is 2.48. The number of ether oxygens (including phenoxy) is 1. The maximum absolute atomic E-state index is 14.7. The summed E-state index contributed by atoms with van der Waals surface area (Å²) in [6, 6.07) is 4.39. The molecule has 25 heavy (non-hydrogen) atoms. The van der Waals surface area contributed by atoms with Gasteiger partial charge in [-0.3, -0.25) is 10.1 Å². The molecular formula is C16H13ClFN3O4. The van der Waals surface area contributed by atoms with Crippen LogP contribution in [0.25, 0.3) is 0 Å². The zero-order chi connectivity index (χ0) is 18.2. The Bertz CT molecular complexity index is 835. The lowest BCUT2D eigenvalue weighted by molar-refractivity contribution is -0.134. The molecule has 0 aliphatic carbocycles. The predicted molar refractivity (Wildman–Crippen MR) is 85.3 cm³/mol. The van der Waals surface area contributed by atoms with Crippen LogP contribution in [0.3, 0.4) is 0 Å². The van der Waals surface area contributed by atoms with E-state index >= 15 is 0 Å². The highest BCUT2D eigenvalue weighted by atomic mass is 35.5. The van der Waals surface area contributed by atoms with Crippen LogP contribution >= 0.6 is 11.6 Å². The number of halogens is 2. The van der Waals surface area contributed by atoms with Crippen molar-refractivity contribution in [1.29, 1.82) is 5.26 Å². The molecule has 1 spiro atoms. The Balaban J connectivity index is 2.05. The van der Waals surface area contributed by atoms with E-state index in [-0.39, 0.29) is 29.4 Å². The topological polar surface area (TPSA) is 103 Å². The van der Waals surface area contributed by atoms with E-state index in [1.807, 2.05) is 0 Å². The van der Waals surface area contributed by atoms with Gasteiger partial charge in [0.2, 0.25) is 0 Å². The van der Waals surface area contributed by atoms with Gasteiger partial charge in [0, 0.05) is 6.54 Å². The van der Waals surface area contributed by atoms with Crippen molar-refractivity contribution in [2.75, 3.05) is 18.4 Å². The Morgan fingerprint density at radius 2 is 2.32 bits per heavy atom. The van der Waals surface area contributed by atoms with Crippen LogP contribution in [0.1, 0.15) is 18.4 Å². The van der Waals surface area contributed by atoms with Crippen molar-refractivity contribution < 1.29 is 23.8 Å². The lowest BCUT2D eigenvalue weighted by atomic mass is 9.83. The van der Waals surface area contributed by atoms with Gasteiger partial charge in [-0.25, -0.2) is 9.18 Å². The Morgan fingerprint density at radius 3 is 3.00 bits per heavy atom. The summed E-state index contributed by atoms with van der Waals surface area (Å²) in [4.78, 5) is 25.5. The van der Waals surface area contributed by atoms with Crippen LogP contribution in [0.4, 0.5) is 14.9 Å². The van der Waals surface area contributed by atoms with Gasteiger partial charge < -0.3 is 14.7 Å². The first-order chi connectivity index (χ1) is 11.9. The fourth-order valence-corrected chi connectivity index (χ4v) is 3.41. The Kier molecular flexibility index (Phi) is 4.27. The van der Waals surface area contributed by atoms with E-state index in [2.05, 4.69) is 5.32 Å². The summed E-state index contributed by atoms with van der Waals surface area (Å²) in [6.45, 7) is 0.130. The van der Waals surface area contributed by atoms with Crippen LogP contribution in [0.2, 0.25) is 5.02 Å². The zero-order valence-corrected chi connectivity index (χ0v) is 13.6. The molecule has 2 amide bonds. The summed E-state index contributed by atoms with van der Waals surface area (Å²) in [6.07, 6.45) is 0.360. The van der Waals surface area contributed by atoms with Gasteiger partial charge in [0.1, 0.15) is 12.3 Å². The molecule has 1 aromatic rings. The molecule has 2 heterocycles. The number of amides is 2. The predicted octanol–water partition coefficient (Wildman–Crippen LogP) is 2.82. The number of carbonyl (C=O) groups excluding carboxylic acids is 2. The number of likely N-dealkylation sites (tertiary alicyclic amines) is 1. The first kappa shape index (κ1) is 17.0. The minimum atomic E-state index is -1.41. The van der Waals surface area contributed by atoms with Crippen molar-refractivity contribution >= 4 is 29.3 Å². The molecule has 1 fully saturated rings. The van der Waals surface area contributed by atoms with Gasteiger partial charge in [0.05, 0.1) is 22.8 Å². The number of anilines is 1. The van der Waals surface area contributed by atoms with E-state index in [4.69, 9.17) is 26.7 Å². The molecular weight excluding hydrogens is 353 g/mol. The second kappa shape index (κ2) is 6.26. The second-order valence-electron chi connectivity index (χ2n) is 5.78. The Morgan fingerprint density at radius 1 is 1.56 bits per heavy atom. The molecule has 1 aromatic carbocycles. The summed E-state index contributed by atoms with van der Waals surface area (Å²) in [5.74, 6) is -1.45. The van der Waals surface area contributed by atoms with Crippen LogP contribution in [-0.2, 0) is 15.1 Å². The van der Waals surface area contributed by atoms with Gasteiger partial charge >= 0.3 is 6.09 Å². The molecule has 130 valence electrons. The molecule has 2 N–H and O–H groups in total. The van der Waals surface area contributed by atoms with Crippen molar-refractivity contribution in [1.82, 2.24) is 4.90 Å². The quantitative estimate of drug-likeness (QED) is 0.452. The van der Waals surface area contributed by atoms with Crippen LogP contribution in [-0.4, -0.2) is 35.1 Å². The summed E-state index contributed by atoms with van der Waals surface area (Å²) in [5, 5.41) is 20.2. The summed E-state index contributed by atoms with van der Waals surface area (Å²) in [5.41, 5.74) is -1.56. The third-order valence-electron chi connectivity index (χ3n) is 4.30. The van der Waals surface area contributed by atoms with E-state index < -0.39 is 29.0 Å². The number of aliphatic hydroxyl groups excluding tert-OH is 1. The maximum Gasteiger partial charge on any atom is 0.412 e. The van der Waals surface area contributed by atoms with Crippen LogP contribution in [0.5, 0.6) is 0 Å². The van der Waals surface area contributed by atoms with Crippen molar-refractivity contribution in [2.45, 2.75) is 18.4 Å².